The lowest BCUT2D eigenvalue weighted by atomic mass is 9.81. The highest BCUT2D eigenvalue weighted by atomic mass is 15.2. The summed E-state index contributed by atoms with van der Waals surface area (Å²) in [7, 11) is 4.33. The summed E-state index contributed by atoms with van der Waals surface area (Å²) in [5.41, 5.74) is 1.52. The Kier molecular flexibility index (Phi) is 3.03. The maximum Gasteiger partial charge on any atom is 0.0494 e. The Morgan fingerprint density at radius 1 is 1.33 bits per heavy atom. The monoisotopic (exact) mass is 205 g/mol. The van der Waals surface area contributed by atoms with Crippen molar-refractivity contribution in [2.75, 3.05) is 27.2 Å². The lowest BCUT2D eigenvalue weighted by molar-refractivity contribution is 0.107. The molecule has 0 spiro atoms. The zero-order valence-corrected chi connectivity index (χ0v) is 9.53. The fraction of sp³-hybridized carbons (Fsp3) is 0.583. The van der Waals surface area contributed by atoms with Crippen LogP contribution in [0.1, 0.15) is 18.4 Å². The molecule has 2 heterocycles. The number of pyridine rings is 1. The molecular weight excluding hydrogens is 186 g/mol. The molecular formula is C12H19N3. The molecule has 3 nitrogen and oxygen atoms in total. The van der Waals surface area contributed by atoms with Crippen LogP contribution in [0.2, 0.25) is 0 Å². The number of hydrogen-bond donors (Lipinski definition) is 1. The second-order valence-electron chi connectivity index (χ2n) is 4.42. The van der Waals surface area contributed by atoms with Gasteiger partial charge >= 0.3 is 0 Å². The van der Waals surface area contributed by atoms with Crippen molar-refractivity contribution in [3.63, 3.8) is 0 Å². The minimum absolute atomic E-state index is 0.180. The number of piperidine rings is 1. The zero-order chi connectivity index (χ0) is 10.7. The van der Waals surface area contributed by atoms with E-state index in [0.717, 1.165) is 25.9 Å². The van der Waals surface area contributed by atoms with E-state index in [0.29, 0.717) is 0 Å². The van der Waals surface area contributed by atoms with E-state index in [2.05, 4.69) is 35.4 Å². The summed E-state index contributed by atoms with van der Waals surface area (Å²) >= 11 is 0. The van der Waals surface area contributed by atoms with Crippen LogP contribution in [0.4, 0.5) is 0 Å². The van der Waals surface area contributed by atoms with Gasteiger partial charge in [-0.2, -0.15) is 0 Å². The van der Waals surface area contributed by atoms with Crippen molar-refractivity contribution < 1.29 is 0 Å². The molecule has 0 amide bonds. The standard InChI is InChI=1S/C12H19N3/c1-15(2)12(5-8-13-9-6-12)11-4-3-7-14-10-11/h3-4,7,10,13H,5-6,8-9H2,1-2H3. The minimum Gasteiger partial charge on any atom is -0.317 e. The van der Waals surface area contributed by atoms with Gasteiger partial charge in [0.2, 0.25) is 0 Å². The molecule has 0 unspecified atom stereocenters. The quantitative estimate of drug-likeness (QED) is 0.787. The highest BCUT2D eigenvalue weighted by molar-refractivity contribution is 5.21. The number of nitrogens with one attached hydrogen (secondary N) is 1. The zero-order valence-electron chi connectivity index (χ0n) is 9.53. The Hall–Kier alpha value is -0.930. The third-order valence-electron chi connectivity index (χ3n) is 3.49. The predicted molar refractivity (Wildman–Crippen MR) is 61.7 cm³/mol. The summed E-state index contributed by atoms with van der Waals surface area (Å²) in [6, 6.07) is 4.22. The van der Waals surface area contributed by atoms with Crippen molar-refractivity contribution in [2.24, 2.45) is 0 Å². The SMILES string of the molecule is CN(C)C1(c2cccnc2)CCNCC1. The summed E-state index contributed by atoms with van der Waals surface area (Å²) in [6.45, 7) is 2.18. The van der Waals surface area contributed by atoms with Crippen LogP contribution in [0, 0.1) is 0 Å². The average molecular weight is 205 g/mol. The molecule has 0 bridgehead atoms. The van der Waals surface area contributed by atoms with Crippen molar-refractivity contribution in [2.45, 2.75) is 18.4 Å². The van der Waals surface area contributed by atoms with Gasteiger partial charge < -0.3 is 5.32 Å². The van der Waals surface area contributed by atoms with Crippen LogP contribution >= 0.6 is 0 Å². The molecule has 1 aliphatic heterocycles. The summed E-state index contributed by atoms with van der Waals surface area (Å²) in [5.74, 6) is 0. The Balaban J connectivity index is 2.34. The molecule has 2 rings (SSSR count). The first-order valence-corrected chi connectivity index (χ1v) is 5.54. The summed E-state index contributed by atoms with van der Waals surface area (Å²) in [5, 5.41) is 3.42. The molecule has 0 saturated carbocycles. The first kappa shape index (κ1) is 10.6. The molecule has 0 radical (unpaired) electrons. The molecule has 0 atom stereocenters. The van der Waals surface area contributed by atoms with E-state index in [1.54, 1.807) is 0 Å². The maximum absolute atomic E-state index is 4.24. The molecule has 1 aliphatic rings. The number of aromatic nitrogens is 1. The van der Waals surface area contributed by atoms with Crippen molar-refractivity contribution in [3.05, 3.63) is 30.1 Å². The lowest BCUT2D eigenvalue weighted by Gasteiger charge is -2.43. The van der Waals surface area contributed by atoms with E-state index in [4.69, 9.17) is 0 Å². The van der Waals surface area contributed by atoms with Gasteiger partial charge in [-0.15, -0.1) is 0 Å². The van der Waals surface area contributed by atoms with Gasteiger partial charge in [0.05, 0.1) is 0 Å². The van der Waals surface area contributed by atoms with Crippen LogP contribution < -0.4 is 5.32 Å². The van der Waals surface area contributed by atoms with E-state index in [1.165, 1.54) is 5.56 Å². The molecule has 15 heavy (non-hydrogen) atoms. The van der Waals surface area contributed by atoms with Crippen LogP contribution in [-0.2, 0) is 5.54 Å². The van der Waals surface area contributed by atoms with E-state index >= 15 is 0 Å². The summed E-state index contributed by atoms with van der Waals surface area (Å²) < 4.78 is 0. The van der Waals surface area contributed by atoms with Crippen LogP contribution in [0.25, 0.3) is 0 Å². The van der Waals surface area contributed by atoms with Gasteiger partial charge in [-0.3, -0.25) is 9.88 Å². The molecule has 3 heteroatoms. The van der Waals surface area contributed by atoms with Gasteiger partial charge in [-0.1, -0.05) is 6.07 Å². The smallest absolute Gasteiger partial charge is 0.0494 e. The van der Waals surface area contributed by atoms with E-state index in [-0.39, 0.29) is 5.54 Å². The number of nitrogens with zero attached hydrogens (tertiary/aromatic N) is 2. The average Bonchev–Trinajstić information content (AvgIpc) is 2.31. The number of rotatable bonds is 2. The Labute approximate surface area is 91.5 Å². The van der Waals surface area contributed by atoms with Gasteiger partial charge in [0.25, 0.3) is 0 Å². The Morgan fingerprint density at radius 3 is 2.60 bits per heavy atom. The van der Waals surface area contributed by atoms with Crippen molar-refractivity contribution >= 4 is 0 Å². The first-order chi connectivity index (χ1) is 7.26. The normalized spacial score (nSPS) is 20.5. The molecule has 0 aliphatic carbocycles. The highest BCUT2D eigenvalue weighted by Gasteiger charge is 2.35. The summed E-state index contributed by atoms with van der Waals surface area (Å²) in [6.07, 6.45) is 6.16. The highest BCUT2D eigenvalue weighted by Crippen LogP contribution is 2.34. The van der Waals surface area contributed by atoms with Crippen LogP contribution in [0.3, 0.4) is 0 Å². The van der Waals surface area contributed by atoms with Crippen molar-refractivity contribution in [1.29, 1.82) is 0 Å². The van der Waals surface area contributed by atoms with Gasteiger partial charge in [0, 0.05) is 17.9 Å². The van der Waals surface area contributed by atoms with Crippen LogP contribution in [0.15, 0.2) is 24.5 Å². The molecule has 1 saturated heterocycles. The van der Waals surface area contributed by atoms with Gasteiger partial charge in [-0.25, -0.2) is 0 Å². The van der Waals surface area contributed by atoms with E-state index < -0.39 is 0 Å². The van der Waals surface area contributed by atoms with Crippen LogP contribution in [0.5, 0.6) is 0 Å². The Bertz CT molecular complexity index is 302. The van der Waals surface area contributed by atoms with Gasteiger partial charge in [0.15, 0.2) is 0 Å². The number of hydrogen-bond acceptors (Lipinski definition) is 3. The minimum atomic E-state index is 0.180. The predicted octanol–water partition coefficient (Wildman–Crippen LogP) is 1.22. The van der Waals surface area contributed by atoms with Gasteiger partial charge in [-0.05, 0) is 51.7 Å². The molecule has 1 aromatic heterocycles. The molecule has 1 N–H and O–H groups in total. The van der Waals surface area contributed by atoms with E-state index in [9.17, 15) is 0 Å². The topological polar surface area (TPSA) is 28.2 Å². The largest absolute Gasteiger partial charge is 0.317 e. The molecule has 82 valence electrons. The second kappa shape index (κ2) is 4.29. The fourth-order valence-corrected chi connectivity index (χ4v) is 2.47. The molecule has 1 aromatic rings. The van der Waals surface area contributed by atoms with Crippen molar-refractivity contribution in [1.82, 2.24) is 15.2 Å². The van der Waals surface area contributed by atoms with Crippen molar-refractivity contribution in [3.8, 4) is 0 Å². The maximum atomic E-state index is 4.24. The molecule has 1 fully saturated rings. The van der Waals surface area contributed by atoms with Gasteiger partial charge in [0.1, 0.15) is 0 Å². The Morgan fingerprint density at radius 2 is 2.07 bits per heavy atom. The summed E-state index contributed by atoms with van der Waals surface area (Å²) in [4.78, 5) is 6.58. The third-order valence-corrected chi connectivity index (χ3v) is 3.49. The molecule has 0 aromatic carbocycles. The first-order valence-electron chi connectivity index (χ1n) is 5.54. The lowest BCUT2D eigenvalue weighted by Crippen LogP contribution is -2.49. The third kappa shape index (κ3) is 1.90. The van der Waals surface area contributed by atoms with E-state index in [1.807, 2.05) is 18.5 Å². The second-order valence-corrected chi connectivity index (χ2v) is 4.42. The fourth-order valence-electron chi connectivity index (χ4n) is 2.47. The van der Waals surface area contributed by atoms with Crippen LogP contribution in [-0.4, -0.2) is 37.1 Å².